The molecular formula is C10H10BrN3O2. The second kappa shape index (κ2) is 5.20. The van der Waals surface area contributed by atoms with Crippen LogP contribution in [-0.4, -0.2) is 10.1 Å². The van der Waals surface area contributed by atoms with Crippen LogP contribution in [-0.2, 0) is 17.9 Å². The van der Waals surface area contributed by atoms with Crippen molar-refractivity contribution in [2.45, 2.75) is 13.0 Å². The summed E-state index contributed by atoms with van der Waals surface area (Å²) >= 11 is 3.40. The summed E-state index contributed by atoms with van der Waals surface area (Å²) in [6, 6.07) is 7.94. The van der Waals surface area contributed by atoms with Crippen molar-refractivity contribution in [1.82, 2.24) is 10.1 Å². The topological polar surface area (TPSA) is 74.2 Å². The quantitative estimate of drug-likeness (QED) is 0.867. The molecule has 16 heavy (non-hydrogen) atoms. The van der Waals surface area contributed by atoms with Crippen LogP contribution in [0, 0.1) is 0 Å². The predicted octanol–water partition coefficient (Wildman–Crippen LogP) is 1.81. The molecular weight excluding hydrogens is 274 g/mol. The minimum absolute atomic E-state index is 0.130. The Morgan fingerprint density at radius 2 is 2.31 bits per heavy atom. The van der Waals surface area contributed by atoms with Gasteiger partial charge < -0.3 is 4.52 Å². The molecule has 0 aliphatic heterocycles. The predicted molar refractivity (Wildman–Crippen MR) is 60.2 cm³/mol. The summed E-state index contributed by atoms with van der Waals surface area (Å²) in [6.45, 7) is 0.130. The summed E-state index contributed by atoms with van der Waals surface area (Å²) in [6.07, 6.45) is 0.619. The monoisotopic (exact) mass is 283 g/mol. The van der Waals surface area contributed by atoms with Crippen LogP contribution in [0.15, 0.2) is 33.3 Å². The summed E-state index contributed by atoms with van der Waals surface area (Å²) in [5.41, 5.74) is 1.11. The fourth-order valence-electron chi connectivity index (χ4n) is 1.32. The second-order valence-electron chi connectivity index (χ2n) is 3.22. The van der Waals surface area contributed by atoms with E-state index in [1.165, 1.54) is 0 Å². The van der Waals surface area contributed by atoms with Crippen molar-refractivity contribution < 1.29 is 9.36 Å². The fraction of sp³-hybridized carbons (Fsp3) is 0.200. The maximum atomic E-state index is 4.93. The highest BCUT2D eigenvalue weighted by Gasteiger charge is 2.06. The average Bonchev–Trinajstić information content (AvgIpc) is 2.66. The molecule has 6 heteroatoms. The van der Waals surface area contributed by atoms with Crippen molar-refractivity contribution >= 4 is 15.9 Å². The zero-order chi connectivity index (χ0) is 11.4. The van der Waals surface area contributed by atoms with Crippen LogP contribution in [0.2, 0.25) is 0 Å². The number of rotatable bonds is 4. The first-order valence-corrected chi connectivity index (χ1v) is 5.45. The van der Waals surface area contributed by atoms with Gasteiger partial charge in [-0.15, -0.1) is 0 Å². The van der Waals surface area contributed by atoms with Gasteiger partial charge in [0.05, 0.1) is 0 Å². The maximum absolute atomic E-state index is 4.93. The Kier molecular flexibility index (Phi) is 3.66. The van der Waals surface area contributed by atoms with Gasteiger partial charge in [-0.1, -0.05) is 33.2 Å². The van der Waals surface area contributed by atoms with E-state index in [4.69, 9.17) is 10.4 Å². The van der Waals surface area contributed by atoms with Gasteiger partial charge in [0.2, 0.25) is 0 Å². The molecule has 0 unspecified atom stereocenters. The number of aromatic nitrogens is 2. The molecule has 5 nitrogen and oxygen atoms in total. The van der Waals surface area contributed by atoms with Gasteiger partial charge in [0.15, 0.2) is 5.82 Å². The van der Waals surface area contributed by atoms with E-state index in [2.05, 4.69) is 30.9 Å². The smallest absolute Gasteiger partial charge is 0.254 e. The van der Waals surface area contributed by atoms with Crippen LogP contribution >= 0.6 is 15.9 Å². The molecule has 84 valence electrons. The van der Waals surface area contributed by atoms with Crippen LogP contribution in [0.5, 0.6) is 0 Å². The second-order valence-corrected chi connectivity index (χ2v) is 4.14. The van der Waals surface area contributed by atoms with Gasteiger partial charge in [-0.2, -0.15) is 4.98 Å². The summed E-state index contributed by atoms with van der Waals surface area (Å²) in [5, 5.41) is 3.82. The fourth-order valence-corrected chi connectivity index (χ4v) is 1.77. The third kappa shape index (κ3) is 2.88. The molecule has 0 atom stereocenters. The average molecular weight is 284 g/mol. The highest BCUT2D eigenvalue weighted by Crippen LogP contribution is 2.14. The Morgan fingerprint density at radius 1 is 1.44 bits per heavy atom. The van der Waals surface area contributed by atoms with Gasteiger partial charge in [0, 0.05) is 10.9 Å². The maximum Gasteiger partial charge on any atom is 0.254 e. The van der Waals surface area contributed by atoms with Gasteiger partial charge in [0.25, 0.3) is 5.89 Å². The van der Waals surface area contributed by atoms with Crippen molar-refractivity contribution in [2.75, 3.05) is 0 Å². The third-order valence-corrected chi connectivity index (χ3v) is 2.46. The lowest BCUT2D eigenvalue weighted by molar-refractivity contribution is 0.0995. The molecule has 0 fully saturated rings. The normalized spacial score (nSPS) is 10.6. The Morgan fingerprint density at radius 3 is 3.06 bits per heavy atom. The molecule has 1 aromatic carbocycles. The molecule has 2 rings (SSSR count). The number of halogens is 1. The number of nitrogens with two attached hydrogens (primary N) is 1. The van der Waals surface area contributed by atoms with Crippen molar-refractivity contribution in [3.05, 3.63) is 46.0 Å². The highest BCUT2D eigenvalue weighted by molar-refractivity contribution is 9.10. The van der Waals surface area contributed by atoms with Gasteiger partial charge in [0.1, 0.15) is 6.61 Å². The number of hydrogen-bond donors (Lipinski definition) is 1. The van der Waals surface area contributed by atoms with Gasteiger partial charge in [-0.05, 0) is 17.7 Å². The van der Waals surface area contributed by atoms with Crippen LogP contribution in [0.1, 0.15) is 17.3 Å². The first-order valence-electron chi connectivity index (χ1n) is 4.65. The standard InChI is InChI=1S/C10H10BrN3O2/c11-8-3-1-2-7(4-8)5-9-13-10(6-15-12)16-14-9/h1-4H,5-6,12H2. The highest BCUT2D eigenvalue weighted by atomic mass is 79.9. The van der Waals surface area contributed by atoms with E-state index >= 15 is 0 Å². The molecule has 0 spiro atoms. The molecule has 2 N–H and O–H groups in total. The van der Waals surface area contributed by atoms with E-state index in [0.29, 0.717) is 18.1 Å². The van der Waals surface area contributed by atoms with Gasteiger partial charge in [-0.3, -0.25) is 4.84 Å². The van der Waals surface area contributed by atoms with E-state index in [1.54, 1.807) is 0 Å². The molecule has 0 saturated heterocycles. The van der Waals surface area contributed by atoms with E-state index in [-0.39, 0.29) is 6.61 Å². The molecule has 0 radical (unpaired) electrons. The molecule has 0 aliphatic rings. The zero-order valence-corrected chi connectivity index (χ0v) is 9.98. The van der Waals surface area contributed by atoms with Crippen LogP contribution in [0.25, 0.3) is 0 Å². The lowest BCUT2D eigenvalue weighted by atomic mass is 10.1. The van der Waals surface area contributed by atoms with Gasteiger partial charge >= 0.3 is 0 Å². The molecule has 1 heterocycles. The molecule has 0 bridgehead atoms. The Labute approximate surface area is 101 Å². The summed E-state index contributed by atoms with van der Waals surface area (Å²) < 4.78 is 5.96. The number of benzene rings is 1. The van der Waals surface area contributed by atoms with Crippen LogP contribution in [0.3, 0.4) is 0 Å². The Balaban J connectivity index is 2.08. The lowest BCUT2D eigenvalue weighted by Crippen LogP contribution is -1.99. The Bertz CT molecular complexity index is 473. The molecule has 0 saturated carbocycles. The first kappa shape index (κ1) is 11.3. The largest absolute Gasteiger partial charge is 0.337 e. The summed E-state index contributed by atoms with van der Waals surface area (Å²) in [4.78, 5) is 8.53. The summed E-state index contributed by atoms with van der Waals surface area (Å²) in [7, 11) is 0. The van der Waals surface area contributed by atoms with E-state index < -0.39 is 0 Å². The third-order valence-electron chi connectivity index (χ3n) is 1.97. The van der Waals surface area contributed by atoms with Crippen molar-refractivity contribution in [3.8, 4) is 0 Å². The van der Waals surface area contributed by atoms with E-state index in [9.17, 15) is 0 Å². The van der Waals surface area contributed by atoms with Crippen LogP contribution < -0.4 is 5.90 Å². The molecule has 0 aliphatic carbocycles. The molecule has 2 aromatic rings. The number of nitrogens with zero attached hydrogens (tertiary/aromatic N) is 2. The number of hydrogen-bond acceptors (Lipinski definition) is 5. The van der Waals surface area contributed by atoms with Crippen molar-refractivity contribution in [3.63, 3.8) is 0 Å². The summed E-state index contributed by atoms with van der Waals surface area (Å²) in [5.74, 6) is 5.91. The van der Waals surface area contributed by atoms with E-state index in [1.807, 2.05) is 24.3 Å². The molecule has 1 aromatic heterocycles. The van der Waals surface area contributed by atoms with Crippen molar-refractivity contribution in [1.29, 1.82) is 0 Å². The zero-order valence-electron chi connectivity index (χ0n) is 8.39. The van der Waals surface area contributed by atoms with Crippen molar-refractivity contribution in [2.24, 2.45) is 5.90 Å². The van der Waals surface area contributed by atoms with E-state index in [0.717, 1.165) is 10.0 Å². The first-order chi connectivity index (χ1) is 7.78. The minimum Gasteiger partial charge on any atom is -0.337 e. The SMILES string of the molecule is NOCc1nc(Cc2cccc(Br)c2)no1. The van der Waals surface area contributed by atoms with Crippen LogP contribution in [0.4, 0.5) is 0 Å². The lowest BCUT2D eigenvalue weighted by Gasteiger charge is -1.96. The Hall–Kier alpha value is -1.24. The van der Waals surface area contributed by atoms with Gasteiger partial charge in [-0.25, -0.2) is 5.90 Å². The molecule has 0 amide bonds. The minimum atomic E-state index is 0.130.